The molecule has 0 aliphatic heterocycles. The molecule has 0 saturated carbocycles. The maximum absolute atomic E-state index is 10.6. The SMILES string of the molecule is CNc1ccc(CCCC(N)C(=O)O)c(OC)c1. The van der Waals surface area contributed by atoms with Crippen LogP contribution in [0.3, 0.4) is 0 Å². The van der Waals surface area contributed by atoms with Gasteiger partial charge in [0.2, 0.25) is 0 Å². The van der Waals surface area contributed by atoms with Gasteiger partial charge in [-0.15, -0.1) is 0 Å². The number of carbonyl (C=O) groups is 1. The summed E-state index contributed by atoms with van der Waals surface area (Å²) in [4.78, 5) is 10.6. The second kappa shape index (κ2) is 6.86. The van der Waals surface area contributed by atoms with E-state index in [2.05, 4.69) is 5.32 Å². The highest BCUT2D eigenvalue weighted by Crippen LogP contribution is 2.24. The molecule has 0 amide bonds. The first kappa shape index (κ1) is 14.3. The number of methoxy groups -OCH3 is 1. The van der Waals surface area contributed by atoms with E-state index in [4.69, 9.17) is 15.6 Å². The summed E-state index contributed by atoms with van der Waals surface area (Å²) in [5.74, 6) is -0.141. The lowest BCUT2D eigenvalue weighted by Gasteiger charge is -2.11. The summed E-state index contributed by atoms with van der Waals surface area (Å²) in [6, 6.07) is 5.09. The molecule has 1 aromatic carbocycles. The zero-order valence-electron chi connectivity index (χ0n) is 10.8. The molecule has 4 N–H and O–H groups in total. The van der Waals surface area contributed by atoms with Crippen molar-refractivity contribution < 1.29 is 14.6 Å². The second-order valence-electron chi connectivity index (χ2n) is 4.11. The van der Waals surface area contributed by atoms with E-state index < -0.39 is 12.0 Å². The molecule has 100 valence electrons. The van der Waals surface area contributed by atoms with Crippen LogP contribution < -0.4 is 15.8 Å². The smallest absolute Gasteiger partial charge is 0.320 e. The normalized spacial score (nSPS) is 11.9. The highest BCUT2D eigenvalue weighted by molar-refractivity contribution is 5.72. The van der Waals surface area contributed by atoms with E-state index in [9.17, 15) is 4.79 Å². The first-order valence-electron chi connectivity index (χ1n) is 5.91. The van der Waals surface area contributed by atoms with E-state index >= 15 is 0 Å². The van der Waals surface area contributed by atoms with Crippen molar-refractivity contribution in [3.63, 3.8) is 0 Å². The Bertz CT molecular complexity index is 407. The van der Waals surface area contributed by atoms with Gasteiger partial charge in [0.1, 0.15) is 11.8 Å². The van der Waals surface area contributed by atoms with Crippen LogP contribution >= 0.6 is 0 Å². The van der Waals surface area contributed by atoms with Crippen molar-refractivity contribution >= 4 is 11.7 Å². The van der Waals surface area contributed by atoms with Crippen molar-refractivity contribution in [3.8, 4) is 5.75 Å². The van der Waals surface area contributed by atoms with Crippen LogP contribution in [0.1, 0.15) is 18.4 Å². The summed E-state index contributed by atoms with van der Waals surface area (Å²) in [5.41, 5.74) is 7.50. The van der Waals surface area contributed by atoms with Crippen LogP contribution in [0.5, 0.6) is 5.75 Å². The number of aryl methyl sites for hydroxylation is 1. The molecule has 1 aromatic rings. The van der Waals surface area contributed by atoms with Crippen LogP contribution in [0.25, 0.3) is 0 Å². The number of nitrogens with one attached hydrogen (secondary N) is 1. The Kier molecular flexibility index (Phi) is 5.45. The summed E-state index contributed by atoms with van der Waals surface area (Å²) < 4.78 is 5.31. The maximum Gasteiger partial charge on any atom is 0.320 e. The Balaban J connectivity index is 2.59. The van der Waals surface area contributed by atoms with Crippen LogP contribution in [-0.2, 0) is 11.2 Å². The van der Waals surface area contributed by atoms with Crippen molar-refractivity contribution in [2.45, 2.75) is 25.3 Å². The molecular weight excluding hydrogens is 232 g/mol. The average molecular weight is 252 g/mol. The number of hydrogen-bond donors (Lipinski definition) is 3. The van der Waals surface area contributed by atoms with Gasteiger partial charge in [-0.05, 0) is 30.9 Å². The Morgan fingerprint density at radius 3 is 2.83 bits per heavy atom. The van der Waals surface area contributed by atoms with Gasteiger partial charge in [0.15, 0.2) is 0 Å². The minimum absolute atomic E-state index is 0.465. The van der Waals surface area contributed by atoms with Gasteiger partial charge in [-0.25, -0.2) is 0 Å². The molecule has 0 spiro atoms. The zero-order chi connectivity index (χ0) is 13.5. The fourth-order valence-electron chi connectivity index (χ4n) is 1.74. The van der Waals surface area contributed by atoms with Gasteiger partial charge in [0.05, 0.1) is 7.11 Å². The molecule has 0 radical (unpaired) electrons. The second-order valence-corrected chi connectivity index (χ2v) is 4.11. The van der Waals surface area contributed by atoms with Gasteiger partial charge < -0.3 is 20.9 Å². The van der Waals surface area contributed by atoms with Crippen LogP contribution in [0.15, 0.2) is 18.2 Å². The first-order valence-corrected chi connectivity index (χ1v) is 5.91. The van der Waals surface area contributed by atoms with E-state index in [1.54, 1.807) is 7.11 Å². The molecule has 0 bridgehead atoms. The van der Waals surface area contributed by atoms with Gasteiger partial charge >= 0.3 is 5.97 Å². The molecule has 0 heterocycles. The van der Waals surface area contributed by atoms with E-state index in [1.807, 2.05) is 25.2 Å². The largest absolute Gasteiger partial charge is 0.496 e. The summed E-state index contributed by atoms with van der Waals surface area (Å²) >= 11 is 0. The molecule has 0 aliphatic carbocycles. The molecule has 18 heavy (non-hydrogen) atoms. The number of rotatable bonds is 7. The van der Waals surface area contributed by atoms with Crippen molar-refractivity contribution in [3.05, 3.63) is 23.8 Å². The average Bonchev–Trinajstić information content (AvgIpc) is 2.38. The number of benzene rings is 1. The minimum atomic E-state index is -0.951. The van der Waals surface area contributed by atoms with Crippen LogP contribution in [0.4, 0.5) is 5.69 Å². The summed E-state index contributed by atoms with van der Waals surface area (Å²) in [5, 5.41) is 11.7. The van der Waals surface area contributed by atoms with Gasteiger partial charge in [-0.3, -0.25) is 4.79 Å². The van der Waals surface area contributed by atoms with E-state index in [0.717, 1.165) is 29.8 Å². The standard InChI is InChI=1S/C13H20N2O3/c1-15-10-7-6-9(12(8-10)18-2)4-3-5-11(14)13(16)17/h6-8,11,15H,3-5,14H2,1-2H3,(H,16,17). The van der Waals surface area contributed by atoms with E-state index in [0.29, 0.717) is 6.42 Å². The Hall–Kier alpha value is -1.75. The summed E-state index contributed by atoms with van der Waals surface area (Å²) in [6.07, 6.45) is 1.95. The highest BCUT2D eigenvalue weighted by Gasteiger charge is 2.11. The van der Waals surface area contributed by atoms with Crippen LogP contribution in [0, 0.1) is 0 Å². The third-order valence-corrected chi connectivity index (χ3v) is 2.85. The van der Waals surface area contributed by atoms with Gasteiger partial charge in [0, 0.05) is 18.8 Å². The summed E-state index contributed by atoms with van der Waals surface area (Å²) in [6.45, 7) is 0. The molecule has 5 nitrogen and oxygen atoms in total. The number of anilines is 1. The molecule has 0 aromatic heterocycles. The third kappa shape index (κ3) is 3.92. The van der Waals surface area contributed by atoms with Crippen molar-refractivity contribution in [2.24, 2.45) is 5.73 Å². The molecule has 1 atom stereocenters. The molecule has 0 saturated heterocycles. The molecule has 0 fully saturated rings. The lowest BCUT2D eigenvalue weighted by molar-refractivity contribution is -0.138. The van der Waals surface area contributed by atoms with Crippen LogP contribution in [0.2, 0.25) is 0 Å². The first-order chi connectivity index (χ1) is 8.58. The van der Waals surface area contributed by atoms with Crippen LogP contribution in [-0.4, -0.2) is 31.3 Å². The quantitative estimate of drug-likeness (QED) is 0.684. The topological polar surface area (TPSA) is 84.6 Å². The number of hydrogen-bond acceptors (Lipinski definition) is 4. The zero-order valence-corrected chi connectivity index (χ0v) is 10.8. The van der Waals surface area contributed by atoms with E-state index in [-0.39, 0.29) is 0 Å². The summed E-state index contributed by atoms with van der Waals surface area (Å²) in [7, 11) is 3.47. The third-order valence-electron chi connectivity index (χ3n) is 2.85. The number of carboxylic acid groups (broad SMARTS) is 1. The Morgan fingerprint density at radius 1 is 1.56 bits per heavy atom. The minimum Gasteiger partial charge on any atom is -0.496 e. The lowest BCUT2D eigenvalue weighted by atomic mass is 10.0. The van der Waals surface area contributed by atoms with Crippen molar-refractivity contribution in [2.75, 3.05) is 19.5 Å². The molecule has 1 rings (SSSR count). The van der Waals surface area contributed by atoms with Gasteiger partial charge in [0.25, 0.3) is 0 Å². The van der Waals surface area contributed by atoms with Gasteiger partial charge in [-0.2, -0.15) is 0 Å². The van der Waals surface area contributed by atoms with Crippen molar-refractivity contribution in [1.29, 1.82) is 0 Å². The fourth-order valence-corrected chi connectivity index (χ4v) is 1.74. The predicted molar refractivity (Wildman–Crippen MR) is 71.1 cm³/mol. The number of nitrogens with two attached hydrogens (primary N) is 1. The molecule has 1 unspecified atom stereocenters. The van der Waals surface area contributed by atoms with E-state index in [1.165, 1.54) is 0 Å². The number of ether oxygens (including phenoxy) is 1. The number of aliphatic carboxylic acids is 1. The Labute approximate surface area is 107 Å². The molecular formula is C13H20N2O3. The number of carboxylic acids is 1. The maximum atomic E-state index is 10.6. The lowest BCUT2D eigenvalue weighted by Crippen LogP contribution is -2.29. The predicted octanol–water partition coefficient (Wildman–Crippen LogP) is 1.47. The molecule has 0 aliphatic rings. The van der Waals surface area contributed by atoms with Crippen molar-refractivity contribution in [1.82, 2.24) is 0 Å². The fraction of sp³-hybridized carbons (Fsp3) is 0.462. The highest BCUT2D eigenvalue weighted by atomic mass is 16.5. The monoisotopic (exact) mass is 252 g/mol. The Morgan fingerprint density at radius 2 is 2.28 bits per heavy atom. The molecule has 5 heteroatoms. The van der Waals surface area contributed by atoms with Gasteiger partial charge in [-0.1, -0.05) is 6.07 Å².